The van der Waals surface area contributed by atoms with Gasteiger partial charge < -0.3 is 14.6 Å². The number of nitrogens with one attached hydrogen (secondary N) is 1. The molecule has 0 spiro atoms. The quantitative estimate of drug-likeness (QED) is 0.306. The van der Waals surface area contributed by atoms with Gasteiger partial charge in [-0.3, -0.25) is 4.79 Å². The number of hydrogen-bond donors (Lipinski definition) is 1. The number of methoxy groups -OCH3 is 1. The van der Waals surface area contributed by atoms with Crippen molar-refractivity contribution in [1.82, 2.24) is 14.8 Å². The number of aryl methyl sites for hydroxylation is 2. The van der Waals surface area contributed by atoms with E-state index in [1.807, 2.05) is 35.8 Å². The number of ether oxygens (including phenoxy) is 1. The number of rotatable bonds is 11. The van der Waals surface area contributed by atoms with Gasteiger partial charge in [-0.05, 0) is 37.1 Å². The van der Waals surface area contributed by atoms with Gasteiger partial charge in [0.2, 0.25) is 5.91 Å². The Bertz CT molecular complexity index is 1060. The van der Waals surface area contributed by atoms with E-state index in [4.69, 9.17) is 4.74 Å². The molecule has 8 heteroatoms. The Kier molecular flexibility index (Phi) is 8.81. The summed E-state index contributed by atoms with van der Waals surface area (Å²) >= 11 is 3.15. The maximum atomic E-state index is 12.5. The second-order valence-corrected chi connectivity index (χ2v) is 9.25. The molecule has 2 aromatic carbocycles. The van der Waals surface area contributed by atoms with Gasteiger partial charge in [-0.15, -0.1) is 28.5 Å². The van der Waals surface area contributed by atoms with E-state index in [1.54, 1.807) is 18.9 Å². The number of amides is 1. The lowest BCUT2D eigenvalue weighted by molar-refractivity contribution is -0.113. The SMILES string of the molecule is C=CCn1c(CSCc2ccc(C)cc2)nnc1SCC(=O)Nc1cc(C)ccc1OC. The highest BCUT2D eigenvalue weighted by Gasteiger charge is 2.15. The van der Waals surface area contributed by atoms with Crippen molar-refractivity contribution in [3.05, 3.63) is 77.6 Å². The average Bonchev–Trinajstić information content (AvgIpc) is 3.16. The predicted molar refractivity (Wildman–Crippen MR) is 133 cm³/mol. The van der Waals surface area contributed by atoms with Gasteiger partial charge in [0, 0.05) is 12.3 Å². The Balaban J connectivity index is 1.58. The number of thioether (sulfide) groups is 2. The number of carbonyl (C=O) groups is 1. The van der Waals surface area contributed by atoms with Crippen LogP contribution < -0.4 is 10.1 Å². The maximum Gasteiger partial charge on any atom is 0.234 e. The van der Waals surface area contributed by atoms with Gasteiger partial charge in [-0.25, -0.2) is 0 Å². The summed E-state index contributed by atoms with van der Waals surface area (Å²) in [4.78, 5) is 12.5. The van der Waals surface area contributed by atoms with Gasteiger partial charge in [0.15, 0.2) is 5.16 Å². The van der Waals surface area contributed by atoms with E-state index in [2.05, 4.69) is 53.3 Å². The molecule has 0 saturated carbocycles. The van der Waals surface area contributed by atoms with E-state index in [0.717, 1.165) is 22.9 Å². The second-order valence-electron chi connectivity index (χ2n) is 7.32. The first-order chi connectivity index (χ1) is 15.5. The molecule has 0 aliphatic rings. The number of carbonyl (C=O) groups excluding carboxylic acids is 1. The van der Waals surface area contributed by atoms with Crippen LogP contribution in [0.3, 0.4) is 0 Å². The summed E-state index contributed by atoms with van der Waals surface area (Å²) in [6.07, 6.45) is 1.82. The van der Waals surface area contributed by atoms with E-state index in [1.165, 1.54) is 22.9 Å². The number of allylic oxidation sites excluding steroid dienone is 1. The zero-order chi connectivity index (χ0) is 22.9. The third-order valence-corrected chi connectivity index (χ3v) is 6.65. The van der Waals surface area contributed by atoms with Gasteiger partial charge in [-0.2, -0.15) is 0 Å². The van der Waals surface area contributed by atoms with Crippen molar-refractivity contribution in [2.24, 2.45) is 0 Å². The fourth-order valence-corrected chi connectivity index (χ4v) is 4.72. The Hall–Kier alpha value is -2.71. The monoisotopic (exact) mass is 468 g/mol. The van der Waals surface area contributed by atoms with Crippen molar-refractivity contribution >= 4 is 35.1 Å². The van der Waals surface area contributed by atoms with Gasteiger partial charge in [0.25, 0.3) is 0 Å². The summed E-state index contributed by atoms with van der Waals surface area (Å²) in [5, 5.41) is 12.3. The van der Waals surface area contributed by atoms with Gasteiger partial charge in [0.1, 0.15) is 11.6 Å². The third kappa shape index (κ3) is 6.64. The molecule has 0 bridgehead atoms. The summed E-state index contributed by atoms with van der Waals surface area (Å²) < 4.78 is 7.35. The summed E-state index contributed by atoms with van der Waals surface area (Å²) in [6, 6.07) is 14.2. The lowest BCUT2D eigenvalue weighted by Crippen LogP contribution is -2.15. The van der Waals surface area contributed by atoms with Crippen LogP contribution >= 0.6 is 23.5 Å². The van der Waals surface area contributed by atoms with E-state index in [-0.39, 0.29) is 11.7 Å². The molecule has 0 aliphatic heterocycles. The molecule has 1 amide bonds. The number of aromatic nitrogens is 3. The molecule has 3 rings (SSSR count). The highest BCUT2D eigenvalue weighted by molar-refractivity contribution is 7.99. The van der Waals surface area contributed by atoms with E-state index in [0.29, 0.717) is 23.1 Å². The predicted octanol–water partition coefficient (Wildman–Crippen LogP) is 5.25. The fraction of sp³-hybridized carbons (Fsp3) is 0.292. The van der Waals surface area contributed by atoms with Crippen molar-refractivity contribution in [1.29, 1.82) is 0 Å². The topological polar surface area (TPSA) is 69.0 Å². The average molecular weight is 469 g/mol. The molecule has 1 N–H and O–H groups in total. The summed E-state index contributed by atoms with van der Waals surface area (Å²) in [7, 11) is 1.59. The van der Waals surface area contributed by atoms with Crippen molar-refractivity contribution in [3.63, 3.8) is 0 Å². The summed E-state index contributed by atoms with van der Waals surface area (Å²) in [5.74, 6) is 3.26. The third-order valence-electron chi connectivity index (χ3n) is 4.69. The Labute approximate surface area is 197 Å². The molecule has 0 aliphatic carbocycles. The van der Waals surface area contributed by atoms with E-state index in [9.17, 15) is 4.79 Å². The number of hydrogen-bond acceptors (Lipinski definition) is 6. The van der Waals surface area contributed by atoms with Crippen LogP contribution in [0.25, 0.3) is 0 Å². The fourth-order valence-electron chi connectivity index (χ4n) is 3.03. The second kappa shape index (κ2) is 11.8. The highest BCUT2D eigenvalue weighted by atomic mass is 32.2. The molecule has 0 saturated heterocycles. The molecule has 6 nitrogen and oxygen atoms in total. The molecular formula is C24H28N4O2S2. The number of anilines is 1. The van der Waals surface area contributed by atoms with Crippen LogP contribution in [0.5, 0.6) is 5.75 Å². The molecule has 32 heavy (non-hydrogen) atoms. The van der Waals surface area contributed by atoms with Crippen LogP contribution in [0.2, 0.25) is 0 Å². The van der Waals surface area contributed by atoms with Crippen molar-refractivity contribution in [2.45, 2.75) is 37.1 Å². The van der Waals surface area contributed by atoms with Crippen molar-refractivity contribution in [3.8, 4) is 5.75 Å². The molecule has 0 fully saturated rings. The largest absolute Gasteiger partial charge is 0.495 e. The molecule has 3 aromatic rings. The molecule has 0 radical (unpaired) electrons. The first-order valence-electron chi connectivity index (χ1n) is 10.2. The molecule has 0 atom stereocenters. The minimum absolute atomic E-state index is 0.123. The van der Waals surface area contributed by atoms with Crippen LogP contribution in [0, 0.1) is 13.8 Å². The van der Waals surface area contributed by atoms with Crippen molar-refractivity contribution in [2.75, 3.05) is 18.2 Å². The molecular weight excluding hydrogens is 440 g/mol. The number of benzene rings is 2. The first kappa shape index (κ1) is 23.9. The Morgan fingerprint density at radius 3 is 2.59 bits per heavy atom. The normalized spacial score (nSPS) is 10.7. The summed E-state index contributed by atoms with van der Waals surface area (Å²) in [5.41, 5.74) is 4.26. The lowest BCUT2D eigenvalue weighted by Gasteiger charge is -2.11. The smallest absolute Gasteiger partial charge is 0.234 e. The summed E-state index contributed by atoms with van der Waals surface area (Å²) in [6.45, 7) is 8.51. The Morgan fingerprint density at radius 2 is 1.88 bits per heavy atom. The van der Waals surface area contributed by atoms with Gasteiger partial charge in [0.05, 0.1) is 24.3 Å². The zero-order valence-electron chi connectivity index (χ0n) is 18.6. The van der Waals surface area contributed by atoms with E-state index >= 15 is 0 Å². The maximum absolute atomic E-state index is 12.5. The van der Waals surface area contributed by atoms with E-state index < -0.39 is 0 Å². The van der Waals surface area contributed by atoms with Crippen LogP contribution in [0.4, 0.5) is 5.69 Å². The molecule has 0 unspecified atom stereocenters. The molecule has 1 heterocycles. The molecule has 168 valence electrons. The standard InChI is InChI=1S/C24H28N4O2S2/c1-5-12-28-22(15-31-14-19-9-6-17(2)7-10-19)26-27-24(28)32-16-23(29)25-20-13-18(3)8-11-21(20)30-4/h5-11,13H,1,12,14-16H2,2-4H3,(H,25,29). The minimum atomic E-state index is -0.123. The van der Waals surface area contributed by atoms with Gasteiger partial charge in [-0.1, -0.05) is 53.7 Å². The lowest BCUT2D eigenvalue weighted by atomic mass is 10.2. The van der Waals surface area contributed by atoms with Crippen molar-refractivity contribution < 1.29 is 9.53 Å². The van der Waals surface area contributed by atoms with Crippen LogP contribution in [-0.2, 0) is 22.8 Å². The zero-order valence-corrected chi connectivity index (χ0v) is 20.3. The molecule has 1 aromatic heterocycles. The number of nitrogens with zero attached hydrogens (tertiary/aromatic N) is 3. The van der Waals surface area contributed by atoms with Crippen LogP contribution in [0.15, 0.2) is 60.3 Å². The van der Waals surface area contributed by atoms with Crippen LogP contribution in [0.1, 0.15) is 22.5 Å². The van der Waals surface area contributed by atoms with Crippen LogP contribution in [-0.4, -0.2) is 33.5 Å². The van der Waals surface area contributed by atoms with Gasteiger partial charge >= 0.3 is 0 Å². The highest BCUT2D eigenvalue weighted by Crippen LogP contribution is 2.26. The Morgan fingerprint density at radius 1 is 1.12 bits per heavy atom. The minimum Gasteiger partial charge on any atom is -0.495 e. The first-order valence-corrected chi connectivity index (χ1v) is 12.4.